The fourth-order valence-electron chi connectivity index (χ4n) is 3.41. The molecule has 19 heavy (non-hydrogen) atoms. The lowest BCUT2D eigenvalue weighted by atomic mass is 9.76. The van der Waals surface area contributed by atoms with Crippen molar-refractivity contribution in [3.63, 3.8) is 0 Å². The Bertz CT molecular complexity index is 439. The third-order valence-corrected chi connectivity index (χ3v) is 5.10. The van der Waals surface area contributed by atoms with Crippen LogP contribution < -0.4 is 11.3 Å². The third-order valence-electron chi connectivity index (χ3n) is 4.49. The second kappa shape index (κ2) is 5.54. The maximum absolute atomic E-state index is 5.89. The zero-order valence-electron chi connectivity index (χ0n) is 12.3. The van der Waals surface area contributed by atoms with Crippen molar-refractivity contribution >= 4 is 15.9 Å². The van der Waals surface area contributed by atoms with E-state index in [0.29, 0.717) is 17.4 Å². The smallest absolute Gasteiger partial charge is 0.0715 e. The van der Waals surface area contributed by atoms with Crippen LogP contribution in [-0.4, -0.2) is 9.78 Å². The van der Waals surface area contributed by atoms with Crippen LogP contribution in [0.1, 0.15) is 64.7 Å². The Morgan fingerprint density at radius 2 is 2.21 bits per heavy atom. The van der Waals surface area contributed by atoms with E-state index in [9.17, 15) is 0 Å². The first-order chi connectivity index (χ1) is 8.88. The molecule has 0 radical (unpaired) electrons. The second-order valence-electron chi connectivity index (χ2n) is 6.55. The number of hydrogen-bond acceptors (Lipinski definition) is 3. The first kappa shape index (κ1) is 15.0. The molecular formula is C14H25BrN4. The van der Waals surface area contributed by atoms with Crippen molar-refractivity contribution in [1.29, 1.82) is 0 Å². The maximum Gasteiger partial charge on any atom is 0.0715 e. The molecule has 0 bridgehead atoms. The number of nitrogens with zero attached hydrogens (tertiary/aromatic N) is 2. The lowest BCUT2D eigenvalue weighted by molar-refractivity contribution is 0.190. The van der Waals surface area contributed by atoms with Gasteiger partial charge in [-0.3, -0.25) is 16.0 Å². The minimum Gasteiger partial charge on any atom is -0.271 e. The normalized spacial score (nSPS) is 24.1. The Balaban J connectivity index is 2.40. The van der Waals surface area contributed by atoms with Crippen LogP contribution >= 0.6 is 15.9 Å². The third kappa shape index (κ3) is 2.73. The SMILES string of the molecule is CC(C)n1ncc(Br)c1C(NN)C1CCCC1(C)C. The van der Waals surface area contributed by atoms with E-state index in [1.807, 2.05) is 6.20 Å². The molecule has 2 rings (SSSR count). The van der Waals surface area contributed by atoms with Crippen molar-refractivity contribution in [3.05, 3.63) is 16.4 Å². The molecule has 0 amide bonds. The Labute approximate surface area is 124 Å². The highest BCUT2D eigenvalue weighted by Crippen LogP contribution is 2.49. The summed E-state index contributed by atoms with van der Waals surface area (Å²) in [5.41, 5.74) is 4.55. The van der Waals surface area contributed by atoms with E-state index >= 15 is 0 Å². The van der Waals surface area contributed by atoms with Crippen molar-refractivity contribution in [2.75, 3.05) is 0 Å². The fourth-order valence-corrected chi connectivity index (χ4v) is 3.93. The first-order valence-corrected chi connectivity index (χ1v) is 7.87. The summed E-state index contributed by atoms with van der Waals surface area (Å²) in [5.74, 6) is 6.44. The molecule has 1 fully saturated rings. The van der Waals surface area contributed by atoms with Gasteiger partial charge in [0.2, 0.25) is 0 Å². The molecule has 2 unspecified atom stereocenters. The zero-order valence-corrected chi connectivity index (χ0v) is 13.9. The predicted octanol–water partition coefficient (Wildman–Crippen LogP) is 3.56. The number of halogens is 1. The summed E-state index contributed by atoms with van der Waals surface area (Å²) in [5, 5.41) is 4.48. The summed E-state index contributed by atoms with van der Waals surface area (Å²) in [6, 6.07) is 0.485. The first-order valence-electron chi connectivity index (χ1n) is 7.07. The Morgan fingerprint density at radius 1 is 1.53 bits per heavy atom. The van der Waals surface area contributed by atoms with Gasteiger partial charge in [-0.15, -0.1) is 0 Å². The molecule has 1 aromatic rings. The second-order valence-corrected chi connectivity index (χ2v) is 7.40. The molecule has 108 valence electrons. The van der Waals surface area contributed by atoms with Gasteiger partial charge < -0.3 is 0 Å². The van der Waals surface area contributed by atoms with Crippen LogP contribution in [0.25, 0.3) is 0 Å². The van der Waals surface area contributed by atoms with Crippen LogP contribution in [0.4, 0.5) is 0 Å². The molecule has 0 spiro atoms. The minimum absolute atomic E-state index is 0.150. The predicted molar refractivity (Wildman–Crippen MR) is 81.5 cm³/mol. The monoisotopic (exact) mass is 328 g/mol. The van der Waals surface area contributed by atoms with Gasteiger partial charge in [0.1, 0.15) is 0 Å². The Hall–Kier alpha value is -0.390. The van der Waals surface area contributed by atoms with Gasteiger partial charge in [0.15, 0.2) is 0 Å². The lowest BCUT2D eigenvalue weighted by Gasteiger charge is -2.34. The van der Waals surface area contributed by atoms with Crippen molar-refractivity contribution in [3.8, 4) is 0 Å². The molecule has 1 aliphatic rings. The van der Waals surface area contributed by atoms with Crippen molar-refractivity contribution in [2.45, 2.75) is 59.0 Å². The highest BCUT2D eigenvalue weighted by molar-refractivity contribution is 9.10. The van der Waals surface area contributed by atoms with Gasteiger partial charge in [0.05, 0.1) is 22.4 Å². The highest BCUT2D eigenvalue weighted by atomic mass is 79.9. The topological polar surface area (TPSA) is 55.9 Å². The van der Waals surface area contributed by atoms with Crippen LogP contribution in [0.15, 0.2) is 10.7 Å². The standard InChI is InChI=1S/C14H25BrN4/c1-9(2)19-13(11(15)8-17-19)12(18-16)10-6-5-7-14(10,3)4/h8-10,12,18H,5-7,16H2,1-4H3. The summed E-state index contributed by atoms with van der Waals surface area (Å²) in [4.78, 5) is 0. The number of hydrogen-bond donors (Lipinski definition) is 2. The Kier molecular flexibility index (Phi) is 4.38. The summed E-state index contributed by atoms with van der Waals surface area (Å²) >= 11 is 3.63. The van der Waals surface area contributed by atoms with Gasteiger partial charge in [-0.2, -0.15) is 5.10 Å². The van der Waals surface area contributed by atoms with Crippen molar-refractivity contribution in [2.24, 2.45) is 17.2 Å². The van der Waals surface area contributed by atoms with Crippen LogP contribution in [0.2, 0.25) is 0 Å². The van der Waals surface area contributed by atoms with Crippen LogP contribution in [0.3, 0.4) is 0 Å². The average Bonchev–Trinajstić information content (AvgIpc) is 2.85. The van der Waals surface area contributed by atoms with E-state index in [1.165, 1.54) is 25.0 Å². The minimum atomic E-state index is 0.150. The number of hydrazine groups is 1. The molecule has 1 saturated carbocycles. The van der Waals surface area contributed by atoms with E-state index < -0.39 is 0 Å². The van der Waals surface area contributed by atoms with Gasteiger partial charge in [-0.25, -0.2) is 0 Å². The molecule has 1 aliphatic carbocycles. The number of nitrogens with two attached hydrogens (primary N) is 1. The highest BCUT2D eigenvalue weighted by Gasteiger charge is 2.41. The quantitative estimate of drug-likeness (QED) is 0.656. The Morgan fingerprint density at radius 3 is 2.68 bits per heavy atom. The molecule has 3 N–H and O–H groups in total. The van der Waals surface area contributed by atoms with Gasteiger partial charge >= 0.3 is 0 Å². The number of nitrogens with one attached hydrogen (secondary N) is 1. The average molecular weight is 329 g/mol. The molecule has 1 heterocycles. The van der Waals surface area contributed by atoms with E-state index in [2.05, 4.69) is 58.8 Å². The number of rotatable bonds is 4. The molecule has 4 nitrogen and oxygen atoms in total. The largest absolute Gasteiger partial charge is 0.271 e. The summed E-state index contributed by atoms with van der Waals surface area (Å²) in [6.07, 6.45) is 5.64. The van der Waals surface area contributed by atoms with Crippen molar-refractivity contribution in [1.82, 2.24) is 15.2 Å². The van der Waals surface area contributed by atoms with Gasteiger partial charge in [-0.1, -0.05) is 20.3 Å². The molecule has 0 aromatic carbocycles. The van der Waals surface area contributed by atoms with Crippen LogP contribution in [0, 0.1) is 11.3 Å². The summed E-state index contributed by atoms with van der Waals surface area (Å²) in [6.45, 7) is 8.99. The van der Waals surface area contributed by atoms with Crippen LogP contribution in [-0.2, 0) is 0 Å². The maximum atomic E-state index is 5.89. The molecule has 1 aromatic heterocycles. The van der Waals surface area contributed by atoms with Crippen molar-refractivity contribution < 1.29 is 0 Å². The molecule has 0 saturated heterocycles. The van der Waals surface area contributed by atoms with Gasteiger partial charge in [-0.05, 0) is 54.0 Å². The molecular weight excluding hydrogens is 304 g/mol. The number of aromatic nitrogens is 2. The van der Waals surface area contributed by atoms with E-state index in [0.717, 1.165) is 4.47 Å². The zero-order chi connectivity index (χ0) is 14.2. The molecule has 5 heteroatoms. The summed E-state index contributed by atoms with van der Waals surface area (Å²) < 4.78 is 3.12. The van der Waals surface area contributed by atoms with E-state index in [-0.39, 0.29) is 6.04 Å². The van der Waals surface area contributed by atoms with Crippen LogP contribution in [0.5, 0.6) is 0 Å². The van der Waals surface area contributed by atoms with E-state index in [1.54, 1.807) is 0 Å². The van der Waals surface area contributed by atoms with Gasteiger partial charge in [0, 0.05) is 6.04 Å². The van der Waals surface area contributed by atoms with Gasteiger partial charge in [0.25, 0.3) is 0 Å². The lowest BCUT2D eigenvalue weighted by Crippen LogP contribution is -2.39. The molecule has 2 atom stereocenters. The summed E-state index contributed by atoms with van der Waals surface area (Å²) in [7, 11) is 0. The molecule has 0 aliphatic heterocycles. The van der Waals surface area contributed by atoms with E-state index in [4.69, 9.17) is 5.84 Å². The fraction of sp³-hybridized carbons (Fsp3) is 0.786.